The zero-order valence-electron chi connectivity index (χ0n) is 11.9. The second-order valence-corrected chi connectivity index (χ2v) is 6.99. The molecule has 1 N–H and O–H groups in total. The SMILES string of the molecule is CC1(C)CC(Nc2c(Br)cncc2[N+](=O)[O-])C(C)(C)O1. The molecule has 0 saturated carbocycles. The molecule has 0 amide bonds. The third kappa shape index (κ3) is 2.93. The predicted molar refractivity (Wildman–Crippen MR) is 79.9 cm³/mol. The van der Waals surface area contributed by atoms with Gasteiger partial charge in [0.25, 0.3) is 0 Å². The first-order valence-corrected chi connectivity index (χ1v) is 7.16. The summed E-state index contributed by atoms with van der Waals surface area (Å²) in [5, 5.41) is 14.4. The van der Waals surface area contributed by atoms with Gasteiger partial charge >= 0.3 is 5.69 Å². The molecule has 110 valence electrons. The molecule has 1 fully saturated rings. The van der Waals surface area contributed by atoms with E-state index in [1.807, 2.05) is 27.7 Å². The lowest BCUT2D eigenvalue weighted by atomic mass is 9.94. The third-order valence-corrected chi connectivity index (χ3v) is 4.07. The highest BCUT2D eigenvalue weighted by molar-refractivity contribution is 9.10. The molecule has 0 aliphatic carbocycles. The minimum absolute atomic E-state index is 0.0186. The molecule has 0 aromatic carbocycles. The van der Waals surface area contributed by atoms with Gasteiger partial charge in [-0.05, 0) is 50.0 Å². The average molecular weight is 344 g/mol. The van der Waals surface area contributed by atoms with Crippen molar-refractivity contribution in [3.05, 3.63) is 27.0 Å². The average Bonchev–Trinajstić information content (AvgIpc) is 2.49. The topological polar surface area (TPSA) is 77.3 Å². The van der Waals surface area contributed by atoms with E-state index in [1.54, 1.807) is 6.20 Å². The zero-order valence-corrected chi connectivity index (χ0v) is 13.5. The monoisotopic (exact) mass is 343 g/mol. The second-order valence-electron chi connectivity index (χ2n) is 6.14. The predicted octanol–water partition coefficient (Wildman–Crippen LogP) is 3.51. The van der Waals surface area contributed by atoms with Crippen LogP contribution >= 0.6 is 15.9 Å². The van der Waals surface area contributed by atoms with E-state index in [0.717, 1.165) is 6.42 Å². The van der Waals surface area contributed by atoms with Gasteiger partial charge in [-0.3, -0.25) is 15.1 Å². The van der Waals surface area contributed by atoms with Crippen LogP contribution in [0.15, 0.2) is 16.9 Å². The number of hydrogen-bond donors (Lipinski definition) is 1. The Labute approximate surface area is 126 Å². The Hall–Kier alpha value is -1.21. The molecule has 1 saturated heterocycles. The maximum absolute atomic E-state index is 11.1. The maximum atomic E-state index is 11.1. The molecule has 2 rings (SSSR count). The van der Waals surface area contributed by atoms with Crippen LogP contribution in [-0.2, 0) is 4.74 Å². The number of hydrogen-bond acceptors (Lipinski definition) is 5. The number of rotatable bonds is 3. The van der Waals surface area contributed by atoms with Crippen molar-refractivity contribution in [2.45, 2.75) is 51.4 Å². The highest BCUT2D eigenvalue weighted by Gasteiger charge is 2.46. The van der Waals surface area contributed by atoms with E-state index in [4.69, 9.17) is 4.74 Å². The maximum Gasteiger partial charge on any atom is 0.311 e. The first kappa shape index (κ1) is 15.2. The van der Waals surface area contributed by atoms with Gasteiger partial charge in [0.05, 0.1) is 26.6 Å². The normalized spacial score (nSPS) is 23.6. The minimum atomic E-state index is -0.436. The number of aromatic nitrogens is 1. The molecule has 20 heavy (non-hydrogen) atoms. The van der Waals surface area contributed by atoms with Gasteiger partial charge in [0, 0.05) is 6.20 Å². The fourth-order valence-corrected chi connectivity index (χ4v) is 3.10. The van der Waals surface area contributed by atoms with E-state index < -0.39 is 10.5 Å². The van der Waals surface area contributed by atoms with E-state index in [9.17, 15) is 10.1 Å². The Balaban J connectivity index is 2.34. The molecular formula is C13H18BrN3O3. The largest absolute Gasteiger partial charge is 0.373 e. The van der Waals surface area contributed by atoms with Crippen LogP contribution in [0.5, 0.6) is 0 Å². The molecule has 1 aromatic rings. The number of anilines is 1. The summed E-state index contributed by atoms with van der Waals surface area (Å²) in [6.45, 7) is 8.01. The van der Waals surface area contributed by atoms with Crippen molar-refractivity contribution in [1.29, 1.82) is 0 Å². The van der Waals surface area contributed by atoms with Crippen molar-refractivity contribution in [2.24, 2.45) is 0 Å². The van der Waals surface area contributed by atoms with Crippen molar-refractivity contribution in [3.63, 3.8) is 0 Å². The molecule has 0 spiro atoms. The number of pyridine rings is 1. The Morgan fingerprint density at radius 3 is 2.60 bits per heavy atom. The molecule has 1 aromatic heterocycles. The summed E-state index contributed by atoms with van der Waals surface area (Å²) in [4.78, 5) is 14.5. The van der Waals surface area contributed by atoms with Gasteiger partial charge in [-0.1, -0.05) is 0 Å². The summed E-state index contributed by atoms with van der Waals surface area (Å²) in [5.74, 6) is 0. The Bertz CT molecular complexity index is 546. The van der Waals surface area contributed by atoms with Crippen LogP contribution < -0.4 is 5.32 Å². The smallest absolute Gasteiger partial charge is 0.311 e. The van der Waals surface area contributed by atoms with Crippen molar-refractivity contribution in [2.75, 3.05) is 5.32 Å². The lowest BCUT2D eigenvalue weighted by Gasteiger charge is -2.28. The van der Waals surface area contributed by atoms with Crippen molar-refractivity contribution >= 4 is 27.3 Å². The highest BCUT2D eigenvalue weighted by atomic mass is 79.9. The third-order valence-electron chi connectivity index (χ3n) is 3.47. The van der Waals surface area contributed by atoms with Crippen LogP contribution in [0, 0.1) is 10.1 Å². The summed E-state index contributed by atoms with van der Waals surface area (Å²) in [5.41, 5.74) is -0.250. The molecule has 1 unspecified atom stereocenters. The summed E-state index contributed by atoms with van der Waals surface area (Å²) in [6.07, 6.45) is 3.57. The lowest BCUT2D eigenvalue weighted by molar-refractivity contribution is -0.384. The van der Waals surface area contributed by atoms with Crippen LogP contribution in [0.4, 0.5) is 11.4 Å². The standard InChI is InChI=1S/C13H18BrN3O3/c1-12(2)5-10(13(3,4)20-12)16-11-8(14)6-15-7-9(11)17(18)19/h6-7,10H,5H2,1-4H3,(H,15,16). The Morgan fingerprint density at radius 1 is 1.45 bits per heavy atom. The second kappa shape index (κ2) is 4.96. The first-order valence-electron chi connectivity index (χ1n) is 6.37. The van der Waals surface area contributed by atoms with Gasteiger partial charge in [0.1, 0.15) is 11.9 Å². The summed E-state index contributed by atoms with van der Waals surface area (Å²) in [7, 11) is 0. The van der Waals surface area contributed by atoms with Crippen LogP contribution in [0.3, 0.4) is 0 Å². The molecular weight excluding hydrogens is 326 g/mol. The van der Waals surface area contributed by atoms with Crippen molar-refractivity contribution in [1.82, 2.24) is 4.98 Å². The molecule has 1 aliphatic heterocycles. The zero-order chi connectivity index (χ0) is 15.1. The van der Waals surface area contributed by atoms with E-state index in [0.29, 0.717) is 10.2 Å². The molecule has 7 heteroatoms. The Morgan fingerprint density at radius 2 is 2.10 bits per heavy atom. The fraction of sp³-hybridized carbons (Fsp3) is 0.615. The lowest BCUT2D eigenvalue weighted by Crippen LogP contribution is -2.38. The van der Waals surface area contributed by atoms with Gasteiger partial charge in [-0.25, -0.2) is 0 Å². The van der Waals surface area contributed by atoms with Gasteiger partial charge in [-0.2, -0.15) is 0 Å². The summed E-state index contributed by atoms with van der Waals surface area (Å²) < 4.78 is 6.57. The van der Waals surface area contributed by atoms with Gasteiger partial charge in [-0.15, -0.1) is 0 Å². The summed E-state index contributed by atoms with van der Waals surface area (Å²) >= 11 is 3.32. The van der Waals surface area contributed by atoms with Gasteiger partial charge in [0.2, 0.25) is 0 Å². The van der Waals surface area contributed by atoms with E-state index in [2.05, 4.69) is 26.2 Å². The van der Waals surface area contributed by atoms with Crippen molar-refractivity contribution < 1.29 is 9.66 Å². The number of halogens is 1. The van der Waals surface area contributed by atoms with E-state index in [-0.39, 0.29) is 17.3 Å². The number of nitrogens with one attached hydrogen (secondary N) is 1. The van der Waals surface area contributed by atoms with E-state index >= 15 is 0 Å². The van der Waals surface area contributed by atoms with Crippen LogP contribution in [0.2, 0.25) is 0 Å². The molecule has 1 aliphatic rings. The molecule has 2 heterocycles. The fourth-order valence-electron chi connectivity index (χ4n) is 2.67. The van der Waals surface area contributed by atoms with E-state index in [1.165, 1.54) is 6.20 Å². The molecule has 1 atom stereocenters. The van der Waals surface area contributed by atoms with Crippen LogP contribution in [0.1, 0.15) is 34.1 Å². The number of nitro groups is 1. The molecule has 6 nitrogen and oxygen atoms in total. The summed E-state index contributed by atoms with van der Waals surface area (Å²) in [6, 6.07) is -0.0186. The number of nitrogens with zero attached hydrogens (tertiary/aromatic N) is 2. The minimum Gasteiger partial charge on any atom is -0.373 e. The molecule has 0 radical (unpaired) electrons. The highest BCUT2D eigenvalue weighted by Crippen LogP contribution is 2.41. The molecule has 0 bridgehead atoms. The Kier molecular flexibility index (Phi) is 3.77. The first-order chi connectivity index (χ1) is 9.12. The number of ether oxygens (including phenoxy) is 1. The van der Waals surface area contributed by atoms with Crippen LogP contribution in [0.25, 0.3) is 0 Å². The van der Waals surface area contributed by atoms with Gasteiger partial charge < -0.3 is 10.1 Å². The van der Waals surface area contributed by atoms with Crippen molar-refractivity contribution in [3.8, 4) is 0 Å². The van der Waals surface area contributed by atoms with Gasteiger partial charge in [0.15, 0.2) is 0 Å². The quantitative estimate of drug-likeness (QED) is 0.671. The van der Waals surface area contributed by atoms with Crippen LogP contribution in [-0.4, -0.2) is 27.2 Å².